The maximum absolute atomic E-state index is 3.90. The van der Waals surface area contributed by atoms with Crippen LogP contribution in [-0.4, -0.2) is 0 Å². The lowest BCUT2D eigenvalue weighted by Crippen LogP contribution is -1.99. The van der Waals surface area contributed by atoms with Gasteiger partial charge in [0.15, 0.2) is 0 Å². The van der Waals surface area contributed by atoms with E-state index < -0.39 is 0 Å². The Bertz CT molecular complexity index is 816. The van der Waals surface area contributed by atoms with E-state index in [0.717, 1.165) is 59.8 Å². The number of benzene rings is 2. The molecule has 8 heteroatoms. The Labute approximate surface area is 260 Å². The molecule has 0 N–H and O–H groups in total. The van der Waals surface area contributed by atoms with Gasteiger partial charge >= 0.3 is 0 Å². The Morgan fingerprint density at radius 2 is 0.656 bits per heavy atom. The van der Waals surface area contributed by atoms with Gasteiger partial charge in [-0.15, -0.1) is 0 Å². The van der Waals surface area contributed by atoms with Crippen LogP contribution < -0.4 is 0 Å². The fourth-order valence-corrected chi connectivity index (χ4v) is 9.68. The van der Waals surface area contributed by atoms with Crippen molar-refractivity contribution < 1.29 is 0 Å². The van der Waals surface area contributed by atoms with Crippen molar-refractivity contribution in [2.75, 3.05) is 0 Å². The van der Waals surface area contributed by atoms with Crippen LogP contribution in [0.25, 0.3) is 11.1 Å². The Morgan fingerprint density at radius 3 is 0.906 bits per heavy atom. The van der Waals surface area contributed by atoms with E-state index in [1.165, 1.54) is 62.5 Å². The Balaban J connectivity index is 2.56. The molecule has 0 radical (unpaired) electrons. The number of halogens is 8. The van der Waals surface area contributed by atoms with Gasteiger partial charge in [-0.2, -0.15) is 0 Å². The van der Waals surface area contributed by atoms with E-state index in [1.54, 1.807) is 0 Å². The van der Waals surface area contributed by atoms with Crippen LogP contribution in [0.15, 0.2) is 35.8 Å². The Morgan fingerprint density at radius 1 is 0.375 bits per heavy atom. The van der Waals surface area contributed by atoms with Gasteiger partial charge in [-0.1, -0.05) is 52.4 Å². The van der Waals surface area contributed by atoms with Gasteiger partial charge in [0.2, 0.25) is 0 Å². The van der Waals surface area contributed by atoms with Gasteiger partial charge in [0.05, 0.1) is 0 Å². The normalized spacial score (nSPS) is 11.4. The summed E-state index contributed by atoms with van der Waals surface area (Å²) < 4.78 is 8.62. The van der Waals surface area contributed by atoms with E-state index in [9.17, 15) is 0 Å². The van der Waals surface area contributed by atoms with E-state index in [2.05, 4.69) is 141 Å². The van der Waals surface area contributed by atoms with Crippen LogP contribution in [0.4, 0.5) is 0 Å². The highest BCUT2D eigenvalue weighted by molar-refractivity contribution is 9.14. The molecule has 0 saturated heterocycles. The molecule has 0 aliphatic carbocycles. The second-order valence-electron chi connectivity index (χ2n) is 7.84. The summed E-state index contributed by atoms with van der Waals surface area (Å²) in [7, 11) is 0. The van der Waals surface area contributed by atoms with Crippen LogP contribution in [0.1, 0.15) is 76.3 Å². The van der Waals surface area contributed by atoms with Crippen LogP contribution >= 0.6 is 127 Å². The lowest BCUT2D eigenvalue weighted by molar-refractivity contribution is 0.665. The quantitative estimate of drug-likeness (QED) is 0.156. The second kappa shape index (κ2) is 14.9. The fourth-order valence-electron chi connectivity index (χ4n) is 3.69. The molecule has 2 rings (SSSR count). The van der Waals surface area contributed by atoms with Gasteiger partial charge in [-0.3, -0.25) is 0 Å². The lowest BCUT2D eigenvalue weighted by Gasteiger charge is -2.22. The molecule has 0 unspecified atom stereocenters. The van der Waals surface area contributed by atoms with Gasteiger partial charge in [0.25, 0.3) is 0 Å². The van der Waals surface area contributed by atoms with Gasteiger partial charge < -0.3 is 0 Å². The first-order valence-electron chi connectivity index (χ1n) is 10.9. The van der Waals surface area contributed by atoms with Crippen molar-refractivity contribution in [2.24, 2.45) is 0 Å². The molecule has 0 spiro atoms. The van der Waals surface area contributed by atoms with Crippen molar-refractivity contribution in [3.8, 4) is 11.1 Å². The number of unbranched alkanes of at least 4 members (excludes halogenated alkanes) is 6. The van der Waals surface area contributed by atoms with Gasteiger partial charge in [0, 0.05) is 46.9 Å². The monoisotopic (exact) mass is 946 g/mol. The molecule has 0 bridgehead atoms. The van der Waals surface area contributed by atoms with Crippen LogP contribution in [0, 0.1) is 0 Å². The molecule has 2 aromatic carbocycles. The van der Waals surface area contributed by atoms with Crippen LogP contribution in [0.3, 0.4) is 0 Å². The Kier molecular flexibility index (Phi) is 14.2. The van der Waals surface area contributed by atoms with Crippen LogP contribution in [0.2, 0.25) is 0 Å². The molecule has 0 aromatic heterocycles. The minimum atomic E-state index is 1.03. The maximum Gasteiger partial charge on any atom is 0.0411 e. The zero-order chi connectivity index (χ0) is 24.0. The molecular weight excluding hydrogens is 927 g/mol. The van der Waals surface area contributed by atoms with Crippen molar-refractivity contribution in [1.29, 1.82) is 0 Å². The second-order valence-corrected chi connectivity index (χ2v) is 14.2. The summed E-state index contributed by atoms with van der Waals surface area (Å²) in [6, 6.07) is 0. The van der Waals surface area contributed by atoms with Gasteiger partial charge in [-0.25, -0.2) is 0 Å². The topological polar surface area (TPSA) is 0 Å². The summed E-state index contributed by atoms with van der Waals surface area (Å²) in [5.74, 6) is 0. The molecular formula is C24H26Br8. The zero-order valence-corrected chi connectivity index (χ0v) is 30.8. The Hall–Kier alpha value is 2.28. The molecule has 0 atom stereocenters. The third kappa shape index (κ3) is 7.19. The molecule has 0 aliphatic heterocycles. The standard InChI is InChI=1S/C24H26Br8/c1-3-5-7-9-11-13-17(25)21(29)15(22(30)18(13)26)16-23(31)19(27)14(20(28)24(16)32)12-10-8-6-4-2/h3-12H2,1-2H3. The molecule has 0 aliphatic rings. The van der Waals surface area contributed by atoms with E-state index in [0.29, 0.717) is 0 Å². The average molecular weight is 954 g/mol. The largest absolute Gasteiger partial charge is 0.0654 e. The number of rotatable bonds is 11. The molecule has 178 valence electrons. The minimum Gasteiger partial charge on any atom is -0.0654 e. The zero-order valence-electron chi connectivity index (χ0n) is 18.1. The van der Waals surface area contributed by atoms with Crippen LogP contribution in [0.5, 0.6) is 0 Å². The number of hydrogen-bond donors (Lipinski definition) is 0. The summed E-state index contributed by atoms with van der Waals surface area (Å²) in [5.41, 5.74) is 4.78. The highest BCUT2D eigenvalue weighted by atomic mass is 79.9. The lowest BCUT2D eigenvalue weighted by atomic mass is 9.98. The average Bonchev–Trinajstić information content (AvgIpc) is 2.77. The summed E-state index contributed by atoms with van der Waals surface area (Å²) >= 11 is 31.1. The van der Waals surface area contributed by atoms with Crippen LogP contribution in [-0.2, 0) is 12.8 Å². The van der Waals surface area contributed by atoms with E-state index in [1.807, 2.05) is 0 Å². The smallest absolute Gasteiger partial charge is 0.0411 e. The summed E-state index contributed by atoms with van der Waals surface area (Å²) in [6.07, 6.45) is 12.0. The van der Waals surface area contributed by atoms with Crippen molar-refractivity contribution in [1.82, 2.24) is 0 Å². The van der Waals surface area contributed by atoms with E-state index >= 15 is 0 Å². The maximum atomic E-state index is 3.90. The predicted molar refractivity (Wildman–Crippen MR) is 169 cm³/mol. The van der Waals surface area contributed by atoms with Crippen molar-refractivity contribution in [3.63, 3.8) is 0 Å². The first-order valence-corrected chi connectivity index (χ1v) is 17.2. The number of hydrogen-bond acceptors (Lipinski definition) is 0. The van der Waals surface area contributed by atoms with Gasteiger partial charge in [-0.05, 0) is 164 Å². The van der Waals surface area contributed by atoms with E-state index in [-0.39, 0.29) is 0 Å². The molecule has 0 saturated carbocycles. The third-order valence-electron chi connectivity index (χ3n) is 5.52. The summed E-state index contributed by atoms with van der Waals surface area (Å²) in [5, 5.41) is 0. The summed E-state index contributed by atoms with van der Waals surface area (Å²) in [6.45, 7) is 4.49. The van der Waals surface area contributed by atoms with Gasteiger partial charge in [0.1, 0.15) is 0 Å². The molecule has 0 nitrogen and oxygen atoms in total. The highest BCUT2D eigenvalue weighted by Crippen LogP contribution is 2.54. The van der Waals surface area contributed by atoms with Crippen molar-refractivity contribution in [2.45, 2.75) is 78.1 Å². The summed E-state index contributed by atoms with van der Waals surface area (Å²) in [4.78, 5) is 0. The molecule has 32 heavy (non-hydrogen) atoms. The first-order chi connectivity index (χ1) is 15.2. The minimum absolute atomic E-state index is 1.03. The third-order valence-corrected chi connectivity index (χ3v) is 14.3. The predicted octanol–water partition coefficient (Wildman–Crippen LogP) is 13.7. The van der Waals surface area contributed by atoms with E-state index in [4.69, 9.17) is 0 Å². The molecule has 0 amide bonds. The molecule has 2 aromatic rings. The SMILES string of the molecule is CCCCCCc1c(Br)c(Br)c(-c2c(Br)c(Br)c(CCCCCC)c(Br)c2Br)c(Br)c1Br. The molecule has 0 heterocycles. The van der Waals surface area contributed by atoms with Crippen molar-refractivity contribution >= 4 is 127 Å². The fraction of sp³-hybridized carbons (Fsp3) is 0.500. The highest BCUT2D eigenvalue weighted by Gasteiger charge is 2.26. The molecule has 0 fully saturated rings. The van der Waals surface area contributed by atoms with Crippen molar-refractivity contribution in [3.05, 3.63) is 46.9 Å². The first kappa shape index (κ1) is 30.5.